The smallest absolute Gasteiger partial charge is 0.111 e. The molecule has 0 amide bonds. The van der Waals surface area contributed by atoms with Gasteiger partial charge in [-0.15, -0.1) is 0 Å². The molecule has 2 heteroatoms. The number of imidazole rings is 1. The number of aromatic nitrogens is 2. The van der Waals surface area contributed by atoms with E-state index in [9.17, 15) is 0 Å². The minimum Gasteiger partial charge on any atom is -0.332 e. The van der Waals surface area contributed by atoms with Crippen LogP contribution in [0, 0.1) is 0 Å². The van der Waals surface area contributed by atoms with Gasteiger partial charge in [-0.05, 0) is 26.2 Å². The molecular weight excluding hydrogens is 484 g/mol. The first-order valence-corrected chi connectivity index (χ1v) is 18.8. The summed E-state index contributed by atoms with van der Waals surface area (Å²) in [6, 6.07) is 0.590. The van der Waals surface area contributed by atoms with Crippen LogP contribution in [0.1, 0.15) is 232 Å². The second kappa shape index (κ2) is 28.3. The summed E-state index contributed by atoms with van der Waals surface area (Å²) in [5, 5.41) is 0. The number of hydrogen-bond acceptors (Lipinski definition) is 1. The van der Waals surface area contributed by atoms with Gasteiger partial charge in [0, 0.05) is 24.4 Å². The summed E-state index contributed by atoms with van der Waals surface area (Å²) in [5.41, 5.74) is 0. The highest BCUT2D eigenvalue weighted by Crippen LogP contribution is 2.31. The second-order valence-corrected chi connectivity index (χ2v) is 13.2. The minimum absolute atomic E-state index is 0.590. The van der Waals surface area contributed by atoms with Gasteiger partial charge in [-0.3, -0.25) is 0 Å². The van der Waals surface area contributed by atoms with Crippen LogP contribution in [-0.2, 0) is 0 Å². The average Bonchev–Trinajstić information content (AvgIpc) is 3.45. The van der Waals surface area contributed by atoms with E-state index in [4.69, 9.17) is 4.98 Å². The summed E-state index contributed by atoms with van der Waals surface area (Å²) in [6.45, 7) is 9.37. The lowest BCUT2D eigenvalue weighted by molar-refractivity contribution is 0.412. The Labute approximate surface area is 253 Å². The molecule has 1 aromatic heterocycles. The SMILES string of the molecule is CCCCCCCCCCCCCC(CCCCCCCCCCCC)c1nccn1C(C)CCCCCCC. The Morgan fingerprint density at radius 2 is 0.800 bits per heavy atom. The predicted molar refractivity (Wildman–Crippen MR) is 181 cm³/mol. The Balaban J connectivity index is 2.43. The van der Waals surface area contributed by atoms with Gasteiger partial charge in [0.1, 0.15) is 5.82 Å². The van der Waals surface area contributed by atoms with Crippen LogP contribution in [0.4, 0.5) is 0 Å². The summed E-state index contributed by atoms with van der Waals surface area (Å²) in [4.78, 5) is 4.99. The lowest BCUT2D eigenvalue weighted by Gasteiger charge is -2.22. The van der Waals surface area contributed by atoms with Crippen molar-refractivity contribution in [1.29, 1.82) is 0 Å². The van der Waals surface area contributed by atoms with Crippen LogP contribution in [0.2, 0.25) is 0 Å². The monoisotopic (exact) mass is 559 g/mol. The Hall–Kier alpha value is -0.790. The van der Waals surface area contributed by atoms with Crippen molar-refractivity contribution in [3.63, 3.8) is 0 Å². The molecule has 1 rings (SSSR count). The third kappa shape index (κ3) is 20.1. The van der Waals surface area contributed by atoms with Crippen molar-refractivity contribution in [2.24, 2.45) is 0 Å². The van der Waals surface area contributed by atoms with E-state index in [0.29, 0.717) is 12.0 Å². The molecule has 0 aromatic carbocycles. The average molecular weight is 559 g/mol. The predicted octanol–water partition coefficient (Wildman–Crippen LogP) is 13.9. The molecule has 2 nitrogen and oxygen atoms in total. The van der Waals surface area contributed by atoms with Gasteiger partial charge in [0.2, 0.25) is 0 Å². The third-order valence-electron chi connectivity index (χ3n) is 9.33. The van der Waals surface area contributed by atoms with E-state index in [2.05, 4.69) is 44.7 Å². The fourth-order valence-corrected chi connectivity index (χ4v) is 6.53. The largest absolute Gasteiger partial charge is 0.332 e. The van der Waals surface area contributed by atoms with Gasteiger partial charge in [0.15, 0.2) is 0 Å². The van der Waals surface area contributed by atoms with E-state index in [1.807, 2.05) is 0 Å². The van der Waals surface area contributed by atoms with Crippen LogP contribution < -0.4 is 0 Å². The maximum Gasteiger partial charge on any atom is 0.111 e. The Kier molecular flexibility index (Phi) is 26.4. The van der Waals surface area contributed by atoms with E-state index in [1.165, 1.54) is 192 Å². The van der Waals surface area contributed by atoms with Crippen LogP contribution in [0.15, 0.2) is 12.4 Å². The first kappa shape index (κ1) is 37.2. The van der Waals surface area contributed by atoms with Crippen molar-refractivity contribution in [1.82, 2.24) is 9.55 Å². The molecule has 2 unspecified atom stereocenters. The lowest BCUT2D eigenvalue weighted by Crippen LogP contribution is -2.13. The normalized spacial score (nSPS) is 13.2. The van der Waals surface area contributed by atoms with Crippen molar-refractivity contribution >= 4 is 0 Å². The fraction of sp³-hybridized carbons (Fsp3) is 0.921. The summed E-state index contributed by atoms with van der Waals surface area (Å²) in [6.07, 6.45) is 45.3. The molecule has 2 atom stereocenters. The summed E-state index contributed by atoms with van der Waals surface area (Å²) < 4.78 is 2.57. The maximum absolute atomic E-state index is 4.99. The topological polar surface area (TPSA) is 17.8 Å². The highest BCUT2D eigenvalue weighted by Gasteiger charge is 2.19. The Morgan fingerprint density at radius 3 is 1.18 bits per heavy atom. The molecule has 1 aromatic rings. The first-order valence-electron chi connectivity index (χ1n) is 18.8. The van der Waals surface area contributed by atoms with E-state index in [1.54, 1.807) is 0 Å². The number of nitrogens with zero attached hydrogens (tertiary/aromatic N) is 2. The summed E-state index contributed by atoms with van der Waals surface area (Å²) >= 11 is 0. The van der Waals surface area contributed by atoms with Crippen LogP contribution >= 0.6 is 0 Å². The van der Waals surface area contributed by atoms with Crippen molar-refractivity contribution in [3.8, 4) is 0 Å². The molecule has 0 saturated carbocycles. The van der Waals surface area contributed by atoms with E-state index >= 15 is 0 Å². The lowest BCUT2D eigenvalue weighted by atomic mass is 9.92. The standard InChI is InChI=1S/C38H74N2/c1-5-8-11-14-16-18-20-22-24-27-30-33-37(32-29-26-23-21-19-17-15-12-9-6-2)38-39-34-35-40(38)36(4)31-28-25-13-10-7-3/h34-37H,5-33H2,1-4H3. The number of unbranched alkanes of at least 4 members (excludes halogenated alkanes) is 23. The van der Waals surface area contributed by atoms with Crippen LogP contribution in [0.25, 0.3) is 0 Å². The van der Waals surface area contributed by atoms with Gasteiger partial charge in [0.05, 0.1) is 0 Å². The second-order valence-electron chi connectivity index (χ2n) is 13.2. The highest BCUT2D eigenvalue weighted by atomic mass is 15.1. The molecule has 1 heterocycles. The van der Waals surface area contributed by atoms with E-state index in [-0.39, 0.29) is 0 Å². The third-order valence-corrected chi connectivity index (χ3v) is 9.33. The van der Waals surface area contributed by atoms with Gasteiger partial charge in [-0.25, -0.2) is 4.98 Å². The van der Waals surface area contributed by atoms with Crippen molar-refractivity contribution in [2.45, 2.75) is 226 Å². The molecule has 0 aliphatic rings. The molecule has 236 valence electrons. The summed E-state index contributed by atoms with van der Waals surface area (Å²) in [5.74, 6) is 2.06. The Bertz CT molecular complexity index is 621. The van der Waals surface area contributed by atoms with Crippen molar-refractivity contribution < 1.29 is 0 Å². The zero-order chi connectivity index (χ0) is 28.9. The van der Waals surface area contributed by atoms with E-state index in [0.717, 1.165) is 0 Å². The maximum atomic E-state index is 4.99. The van der Waals surface area contributed by atoms with Gasteiger partial charge >= 0.3 is 0 Å². The zero-order valence-corrected chi connectivity index (χ0v) is 28.2. The summed E-state index contributed by atoms with van der Waals surface area (Å²) in [7, 11) is 0. The molecule has 0 radical (unpaired) electrons. The minimum atomic E-state index is 0.590. The Morgan fingerprint density at radius 1 is 0.475 bits per heavy atom. The molecule has 0 fully saturated rings. The molecule has 40 heavy (non-hydrogen) atoms. The molecule has 0 N–H and O–H groups in total. The zero-order valence-electron chi connectivity index (χ0n) is 28.2. The number of hydrogen-bond donors (Lipinski definition) is 0. The highest BCUT2D eigenvalue weighted by molar-refractivity contribution is 5.02. The fourth-order valence-electron chi connectivity index (χ4n) is 6.53. The van der Waals surface area contributed by atoms with Crippen LogP contribution in [-0.4, -0.2) is 9.55 Å². The van der Waals surface area contributed by atoms with Gasteiger partial charge in [-0.2, -0.15) is 0 Å². The molecule has 0 spiro atoms. The number of rotatable bonds is 31. The quantitative estimate of drug-likeness (QED) is 0.0828. The van der Waals surface area contributed by atoms with Crippen molar-refractivity contribution in [2.75, 3.05) is 0 Å². The van der Waals surface area contributed by atoms with Crippen molar-refractivity contribution in [3.05, 3.63) is 18.2 Å². The molecule has 0 saturated heterocycles. The molecule has 0 aliphatic carbocycles. The molecular formula is C38H74N2. The van der Waals surface area contributed by atoms with Crippen LogP contribution in [0.3, 0.4) is 0 Å². The van der Waals surface area contributed by atoms with Gasteiger partial charge in [-0.1, -0.05) is 188 Å². The van der Waals surface area contributed by atoms with Gasteiger partial charge in [0.25, 0.3) is 0 Å². The van der Waals surface area contributed by atoms with Crippen LogP contribution in [0.5, 0.6) is 0 Å². The van der Waals surface area contributed by atoms with Gasteiger partial charge < -0.3 is 4.57 Å². The molecule has 0 aliphatic heterocycles. The molecule has 0 bridgehead atoms. The first-order chi connectivity index (χ1) is 19.7. The van der Waals surface area contributed by atoms with E-state index < -0.39 is 0 Å².